The molecule has 0 heterocycles. The molecular weight excluding hydrogens is 114 g/mol. The first kappa shape index (κ1) is 7.51. The summed E-state index contributed by atoms with van der Waals surface area (Å²) in [6.07, 6.45) is 2.81. The molecule has 46 valence electrons. The number of allylic oxidation sites excluding steroid dienone is 3. The molecule has 0 saturated carbocycles. The van der Waals surface area contributed by atoms with Crippen molar-refractivity contribution in [3.63, 3.8) is 0 Å². The second kappa shape index (κ2) is 3.50. The zero-order valence-corrected chi connectivity index (χ0v) is 4.96. The maximum atomic E-state index is 8.61. The van der Waals surface area contributed by atoms with Gasteiger partial charge in [0.25, 0.3) is 0 Å². The standard InChI is InChI=1S/C7H7NO/c1-3-4-7(5-8)6(2)9/h3-4,9H,1-2H2/b7-4-. The summed E-state index contributed by atoms with van der Waals surface area (Å²) in [5.41, 5.74) is 0.144. The molecule has 0 aliphatic carbocycles. The monoisotopic (exact) mass is 121 g/mol. The summed E-state index contributed by atoms with van der Waals surface area (Å²) in [6.45, 7) is 6.51. The summed E-state index contributed by atoms with van der Waals surface area (Å²) < 4.78 is 0. The van der Waals surface area contributed by atoms with Crippen molar-refractivity contribution in [1.29, 1.82) is 5.26 Å². The van der Waals surface area contributed by atoms with E-state index in [4.69, 9.17) is 10.4 Å². The Hall–Kier alpha value is -1.49. The molecule has 0 radical (unpaired) electrons. The summed E-state index contributed by atoms with van der Waals surface area (Å²) in [6, 6.07) is 1.74. The zero-order chi connectivity index (χ0) is 7.28. The van der Waals surface area contributed by atoms with Gasteiger partial charge in [0.2, 0.25) is 0 Å². The SMILES string of the molecule is C=C/C=C(/C#N)C(=C)O. The molecule has 0 atom stereocenters. The van der Waals surface area contributed by atoms with Gasteiger partial charge in [0.05, 0.1) is 5.57 Å². The van der Waals surface area contributed by atoms with E-state index in [0.717, 1.165) is 0 Å². The molecule has 9 heavy (non-hydrogen) atoms. The van der Waals surface area contributed by atoms with Crippen LogP contribution in [0, 0.1) is 11.3 Å². The first-order valence-corrected chi connectivity index (χ1v) is 2.33. The van der Waals surface area contributed by atoms with E-state index < -0.39 is 0 Å². The van der Waals surface area contributed by atoms with Gasteiger partial charge in [0.1, 0.15) is 11.8 Å². The fourth-order valence-electron chi connectivity index (χ4n) is 0.316. The molecule has 2 heteroatoms. The van der Waals surface area contributed by atoms with E-state index in [9.17, 15) is 0 Å². The van der Waals surface area contributed by atoms with Crippen LogP contribution in [0.3, 0.4) is 0 Å². The lowest BCUT2D eigenvalue weighted by Gasteiger charge is -1.88. The Balaban J connectivity index is 4.38. The molecule has 0 aliphatic rings. The van der Waals surface area contributed by atoms with Crippen LogP contribution < -0.4 is 0 Å². The molecule has 0 fully saturated rings. The molecule has 0 aromatic heterocycles. The number of hydrogen-bond acceptors (Lipinski definition) is 2. The minimum atomic E-state index is -0.225. The Labute approximate surface area is 54.0 Å². The minimum Gasteiger partial charge on any atom is -0.507 e. The van der Waals surface area contributed by atoms with Crippen LogP contribution in [0.25, 0.3) is 0 Å². The normalized spacial score (nSPS) is 9.89. The number of rotatable bonds is 2. The first-order chi connectivity index (χ1) is 4.22. The number of nitriles is 1. The fraction of sp³-hybridized carbons (Fsp3) is 0. The summed E-state index contributed by atoms with van der Waals surface area (Å²) in [7, 11) is 0. The molecule has 0 aromatic carbocycles. The van der Waals surface area contributed by atoms with Crippen LogP contribution in [-0.4, -0.2) is 5.11 Å². The molecule has 0 bridgehead atoms. The highest BCUT2D eigenvalue weighted by molar-refractivity contribution is 5.37. The Kier molecular flexibility index (Phi) is 2.92. The van der Waals surface area contributed by atoms with Crippen LogP contribution in [0.2, 0.25) is 0 Å². The third-order valence-corrected chi connectivity index (χ3v) is 0.716. The van der Waals surface area contributed by atoms with Gasteiger partial charge in [-0.15, -0.1) is 0 Å². The number of hydrogen-bond donors (Lipinski definition) is 1. The van der Waals surface area contributed by atoms with E-state index in [1.54, 1.807) is 6.07 Å². The van der Waals surface area contributed by atoms with Crippen molar-refractivity contribution in [3.05, 3.63) is 36.6 Å². The lowest BCUT2D eigenvalue weighted by molar-refractivity contribution is 0.430. The number of aliphatic hydroxyl groups excluding tert-OH is 1. The van der Waals surface area contributed by atoms with Gasteiger partial charge in [-0.2, -0.15) is 5.26 Å². The molecule has 2 nitrogen and oxygen atoms in total. The van der Waals surface area contributed by atoms with Crippen molar-refractivity contribution >= 4 is 0 Å². The van der Waals surface area contributed by atoms with E-state index in [-0.39, 0.29) is 11.3 Å². The van der Waals surface area contributed by atoms with Gasteiger partial charge < -0.3 is 5.11 Å². The maximum Gasteiger partial charge on any atom is 0.126 e. The van der Waals surface area contributed by atoms with Gasteiger partial charge in [-0.1, -0.05) is 19.2 Å². The highest BCUT2D eigenvalue weighted by Crippen LogP contribution is 2.00. The zero-order valence-electron chi connectivity index (χ0n) is 4.96. The van der Waals surface area contributed by atoms with E-state index >= 15 is 0 Å². The average molecular weight is 121 g/mol. The van der Waals surface area contributed by atoms with Crippen LogP contribution in [0.15, 0.2) is 36.6 Å². The molecule has 0 spiro atoms. The number of aliphatic hydroxyl groups is 1. The van der Waals surface area contributed by atoms with Gasteiger partial charge in [-0.3, -0.25) is 0 Å². The fourth-order valence-corrected chi connectivity index (χ4v) is 0.316. The topological polar surface area (TPSA) is 44.0 Å². The molecule has 0 unspecified atom stereocenters. The van der Waals surface area contributed by atoms with Crippen LogP contribution in [0.4, 0.5) is 0 Å². The third-order valence-electron chi connectivity index (χ3n) is 0.716. The van der Waals surface area contributed by atoms with Gasteiger partial charge >= 0.3 is 0 Å². The largest absolute Gasteiger partial charge is 0.507 e. The highest BCUT2D eigenvalue weighted by Gasteiger charge is 1.93. The van der Waals surface area contributed by atoms with Crippen molar-refractivity contribution in [3.8, 4) is 6.07 Å². The lowest BCUT2D eigenvalue weighted by atomic mass is 10.2. The minimum absolute atomic E-state index is 0.144. The van der Waals surface area contributed by atoms with Gasteiger partial charge in [0.15, 0.2) is 0 Å². The predicted octanol–water partition coefficient (Wildman–Crippen LogP) is 1.69. The Morgan fingerprint density at radius 2 is 2.22 bits per heavy atom. The molecule has 0 saturated heterocycles. The van der Waals surface area contributed by atoms with E-state index in [1.807, 2.05) is 0 Å². The van der Waals surface area contributed by atoms with Gasteiger partial charge in [-0.05, 0) is 6.08 Å². The molecular formula is C7H7NO. The molecule has 1 N–H and O–H groups in total. The van der Waals surface area contributed by atoms with Crippen LogP contribution in [-0.2, 0) is 0 Å². The predicted molar refractivity (Wildman–Crippen MR) is 35.7 cm³/mol. The van der Waals surface area contributed by atoms with Crippen molar-refractivity contribution in [1.82, 2.24) is 0 Å². The van der Waals surface area contributed by atoms with Crippen LogP contribution >= 0.6 is 0 Å². The average Bonchev–Trinajstić information content (AvgIpc) is 1.82. The summed E-state index contributed by atoms with van der Waals surface area (Å²) >= 11 is 0. The Morgan fingerprint density at radius 1 is 1.67 bits per heavy atom. The quantitative estimate of drug-likeness (QED) is 0.343. The number of nitrogens with zero attached hydrogens (tertiary/aromatic N) is 1. The molecule has 0 amide bonds. The smallest absolute Gasteiger partial charge is 0.126 e. The molecule has 0 aromatic rings. The van der Waals surface area contributed by atoms with E-state index in [2.05, 4.69) is 13.2 Å². The second-order valence-electron chi connectivity index (χ2n) is 1.37. The lowest BCUT2D eigenvalue weighted by Crippen LogP contribution is -1.80. The van der Waals surface area contributed by atoms with Gasteiger partial charge in [0, 0.05) is 0 Å². The Bertz CT molecular complexity index is 195. The second-order valence-corrected chi connectivity index (χ2v) is 1.37. The van der Waals surface area contributed by atoms with Crippen LogP contribution in [0.5, 0.6) is 0 Å². The van der Waals surface area contributed by atoms with E-state index in [1.165, 1.54) is 12.2 Å². The summed E-state index contributed by atoms with van der Waals surface area (Å²) in [5, 5.41) is 16.9. The van der Waals surface area contributed by atoms with Crippen molar-refractivity contribution < 1.29 is 5.11 Å². The third kappa shape index (κ3) is 2.35. The van der Waals surface area contributed by atoms with E-state index in [0.29, 0.717) is 0 Å². The molecule has 0 rings (SSSR count). The van der Waals surface area contributed by atoms with Crippen molar-refractivity contribution in [2.24, 2.45) is 0 Å². The molecule has 0 aliphatic heterocycles. The summed E-state index contributed by atoms with van der Waals surface area (Å²) in [4.78, 5) is 0. The van der Waals surface area contributed by atoms with Crippen LogP contribution in [0.1, 0.15) is 0 Å². The van der Waals surface area contributed by atoms with Crippen molar-refractivity contribution in [2.45, 2.75) is 0 Å². The maximum absolute atomic E-state index is 8.61. The van der Waals surface area contributed by atoms with Crippen molar-refractivity contribution in [2.75, 3.05) is 0 Å². The highest BCUT2D eigenvalue weighted by atomic mass is 16.3. The Morgan fingerprint density at radius 3 is 2.33 bits per heavy atom. The first-order valence-electron chi connectivity index (χ1n) is 2.33. The van der Waals surface area contributed by atoms with Gasteiger partial charge in [-0.25, -0.2) is 0 Å². The summed E-state index contributed by atoms with van der Waals surface area (Å²) in [5.74, 6) is -0.225.